The highest BCUT2D eigenvalue weighted by atomic mass is 16.3. The lowest BCUT2D eigenvalue weighted by Gasteiger charge is -2.11. The summed E-state index contributed by atoms with van der Waals surface area (Å²) in [5.41, 5.74) is 3.66. The molecule has 2 aromatic rings. The molecule has 0 radical (unpaired) electrons. The second-order valence-electron chi connectivity index (χ2n) is 5.77. The molecule has 2 aromatic carbocycles. The predicted molar refractivity (Wildman–Crippen MR) is 89.4 cm³/mol. The number of rotatable bonds is 8. The maximum Gasteiger partial charge on any atom is 0.0790 e. The molecule has 0 spiro atoms. The van der Waals surface area contributed by atoms with Crippen molar-refractivity contribution in [1.29, 1.82) is 0 Å². The smallest absolute Gasteiger partial charge is 0.0790 e. The predicted octanol–water partition coefficient (Wildman–Crippen LogP) is 5.28. The van der Waals surface area contributed by atoms with Gasteiger partial charge < -0.3 is 5.11 Å². The van der Waals surface area contributed by atoms with Crippen LogP contribution in [-0.2, 0) is 6.42 Å². The topological polar surface area (TPSA) is 20.2 Å². The van der Waals surface area contributed by atoms with Crippen molar-refractivity contribution in [3.63, 3.8) is 0 Å². The van der Waals surface area contributed by atoms with E-state index in [0.717, 1.165) is 24.8 Å². The van der Waals surface area contributed by atoms with Crippen molar-refractivity contribution >= 4 is 0 Å². The summed E-state index contributed by atoms with van der Waals surface area (Å²) in [5.74, 6) is 0. The van der Waals surface area contributed by atoms with Gasteiger partial charge in [0.15, 0.2) is 0 Å². The summed E-state index contributed by atoms with van der Waals surface area (Å²) >= 11 is 0. The number of unbranched alkanes of at least 4 members (excludes halogenated alkanes) is 3. The standard InChI is InChI=1S/C20H26O/c1-2-3-4-8-11-20(21)19-14-12-18(13-15-19)16-17-9-6-5-7-10-17/h5-7,9-10,12-15,20-21H,2-4,8,11,16H2,1H3. The second-order valence-corrected chi connectivity index (χ2v) is 5.77. The summed E-state index contributed by atoms with van der Waals surface area (Å²) in [6, 6.07) is 18.9. The number of benzene rings is 2. The maximum absolute atomic E-state index is 10.2. The van der Waals surface area contributed by atoms with Crippen LogP contribution in [0.25, 0.3) is 0 Å². The zero-order valence-corrected chi connectivity index (χ0v) is 13.0. The van der Waals surface area contributed by atoms with E-state index in [2.05, 4.69) is 55.5 Å². The average Bonchev–Trinajstić information content (AvgIpc) is 2.53. The molecule has 1 unspecified atom stereocenters. The van der Waals surface area contributed by atoms with Crippen molar-refractivity contribution in [2.75, 3.05) is 0 Å². The lowest BCUT2D eigenvalue weighted by molar-refractivity contribution is 0.163. The molecule has 0 aliphatic heterocycles. The van der Waals surface area contributed by atoms with Crippen molar-refractivity contribution in [3.05, 3.63) is 71.3 Å². The van der Waals surface area contributed by atoms with Gasteiger partial charge in [0, 0.05) is 0 Å². The van der Waals surface area contributed by atoms with Gasteiger partial charge in [-0.25, -0.2) is 0 Å². The summed E-state index contributed by atoms with van der Waals surface area (Å²) in [5, 5.41) is 10.2. The molecule has 1 nitrogen and oxygen atoms in total. The van der Waals surface area contributed by atoms with Crippen molar-refractivity contribution in [2.45, 2.75) is 51.6 Å². The molecule has 0 aliphatic rings. The minimum absolute atomic E-state index is 0.312. The van der Waals surface area contributed by atoms with E-state index in [4.69, 9.17) is 0 Å². The summed E-state index contributed by atoms with van der Waals surface area (Å²) in [6.45, 7) is 2.21. The summed E-state index contributed by atoms with van der Waals surface area (Å²) in [7, 11) is 0. The quantitative estimate of drug-likeness (QED) is 0.653. The van der Waals surface area contributed by atoms with Gasteiger partial charge in [-0.15, -0.1) is 0 Å². The Morgan fingerprint density at radius 1 is 0.810 bits per heavy atom. The zero-order chi connectivity index (χ0) is 14.9. The number of hydrogen-bond acceptors (Lipinski definition) is 1. The number of aliphatic hydroxyl groups excluding tert-OH is 1. The maximum atomic E-state index is 10.2. The van der Waals surface area contributed by atoms with Crippen LogP contribution in [0.3, 0.4) is 0 Å². The van der Waals surface area contributed by atoms with Crippen LogP contribution in [0.4, 0.5) is 0 Å². The van der Waals surface area contributed by atoms with E-state index in [9.17, 15) is 5.11 Å². The Morgan fingerprint density at radius 3 is 2.14 bits per heavy atom. The van der Waals surface area contributed by atoms with Crippen molar-refractivity contribution in [2.24, 2.45) is 0 Å². The van der Waals surface area contributed by atoms with Crippen molar-refractivity contribution in [3.8, 4) is 0 Å². The largest absolute Gasteiger partial charge is 0.388 e. The molecule has 0 saturated heterocycles. The van der Waals surface area contributed by atoms with Crippen LogP contribution in [0, 0.1) is 0 Å². The molecule has 1 N–H and O–H groups in total. The average molecular weight is 282 g/mol. The van der Waals surface area contributed by atoms with Crippen LogP contribution in [0.5, 0.6) is 0 Å². The molecule has 21 heavy (non-hydrogen) atoms. The first kappa shape index (κ1) is 15.8. The zero-order valence-electron chi connectivity index (χ0n) is 13.0. The first-order chi connectivity index (χ1) is 10.3. The number of hydrogen-bond donors (Lipinski definition) is 1. The SMILES string of the molecule is CCCCCCC(O)c1ccc(Cc2ccccc2)cc1. The fourth-order valence-corrected chi connectivity index (χ4v) is 2.62. The van der Waals surface area contributed by atoms with Gasteiger partial charge >= 0.3 is 0 Å². The van der Waals surface area contributed by atoms with E-state index in [1.165, 1.54) is 30.4 Å². The molecule has 0 heterocycles. The lowest BCUT2D eigenvalue weighted by atomic mass is 9.99. The monoisotopic (exact) mass is 282 g/mol. The minimum Gasteiger partial charge on any atom is -0.388 e. The van der Waals surface area contributed by atoms with Crippen molar-refractivity contribution < 1.29 is 5.11 Å². The van der Waals surface area contributed by atoms with Gasteiger partial charge in [-0.05, 0) is 29.5 Å². The Kier molecular flexibility index (Phi) is 6.49. The summed E-state index contributed by atoms with van der Waals surface area (Å²) in [6.07, 6.45) is 6.35. The van der Waals surface area contributed by atoms with Crippen LogP contribution >= 0.6 is 0 Å². The molecule has 1 atom stereocenters. The third kappa shape index (κ3) is 5.35. The van der Waals surface area contributed by atoms with Gasteiger partial charge in [0.05, 0.1) is 6.10 Å². The Balaban J connectivity index is 1.86. The molecule has 0 bridgehead atoms. The van der Waals surface area contributed by atoms with E-state index < -0.39 is 0 Å². The molecule has 0 aliphatic carbocycles. The molecule has 112 valence electrons. The fourth-order valence-electron chi connectivity index (χ4n) is 2.62. The highest BCUT2D eigenvalue weighted by molar-refractivity contribution is 5.29. The van der Waals surface area contributed by atoms with Crippen molar-refractivity contribution in [1.82, 2.24) is 0 Å². The molecule has 1 heteroatoms. The Hall–Kier alpha value is -1.60. The van der Waals surface area contributed by atoms with Gasteiger partial charge in [-0.3, -0.25) is 0 Å². The Labute approximate surface area is 128 Å². The third-order valence-electron chi connectivity index (χ3n) is 3.95. The van der Waals surface area contributed by atoms with E-state index in [1.807, 2.05) is 6.07 Å². The Bertz CT molecular complexity index is 501. The van der Waals surface area contributed by atoms with Crippen LogP contribution in [0.2, 0.25) is 0 Å². The highest BCUT2D eigenvalue weighted by Gasteiger charge is 2.07. The van der Waals surface area contributed by atoms with Crippen LogP contribution in [-0.4, -0.2) is 5.11 Å². The van der Waals surface area contributed by atoms with Gasteiger partial charge in [0.2, 0.25) is 0 Å². The number of aliphatic hydroxyl groups is 1. The fraction of sp³-hybridized carbons (Fsp3) is 0.400. The van der Waals surface area contributed by atoms with Crippen LogP contribution in [0.1, 0.15) is 61.8 Å². The molecular weight excluding hydrogens is 256 g/mol. The first-order valence-electron chi connectivity index (χ1n) is 8.10. The Morgan fingerprint density at radius 2 is 1.48 bits per heavy atom. The normalized spacial score (nSPS) is 12.3. The van der Waals surface area contributed by atoms with E-state index in [1.54, 1.807) is 0 Å². The van der Waals surface area contributed by atoms with Crippen LogP contribution in [0.15, 0.2) is 54.6 Å². The molecular formula is C20H26O. The summed E-state index contributed by atoms with van der Waals surface area (Å²) < 4.78 is 0. The first-order valence-corrected chi connectivity index (χ1v) is 8.10. The lowest BCUT2D eigenvalue weighted by Crippen LogP contribution is -1.98. The molecule has 0 saturated carbocycles. The van der Waals surface area contributed by atoms with Gasteiger partial charge in [0.25, 0.3) is 0 Å². The summed E-state index contributed by atoms with van der Waals surface area (Å²) in [4.78, 5) is 0. The minimum atomic E-state index is -0.312. The third-order valence-corrected chi connectivity index (χ3v) is 3.95. The highest BCUT2D eigenvalue weighted by Crippen LogP contribution is 2.21. The second kappa shape index (κ2) is 8.63. The van der Waals surface area contributed by atoms with Crippen LogP contribution < -0.4 is 0 Å². The van der Waals surface area contributed by atoms with Gasteiger partial charge in [0.1, 0.15) is 0 Å². The molecule has 0 aromatic heterocycles. The van der Waals surface area contributed by atoms with E-state index >= 15 is 0 Å². The van der Waals surface area contributed by atoms with Gasteiger partial charge in [-0.2, -0.15) is 0 Å². The van der Waals surface area contributed by atoms with E-state index in [0.29, 0.717) is 0 Å². The van der Waals surface area contributed by atoms with E-state index in [-0.39, 0.29) is 6.10 Å². The van der Waals surface area contributed by atoms with Gasteiger partial charge in [-0.1, -0.05) is 87.2 Å². The molecule has 0 amide bonds. The molecule has 2 rings (SSSR count). The molecule has 0 fully saturated rings.